The van der Waals surface area contributed by atoms with E-state index >= 15 is 0 Å². The van der Waals surface area contributed by atoms with Crippen molar-refractivity contribution in [3.05, 3.63) is 59.5 Å². The minimum absolute atomic E-state index is 0.0316. The molecule has 2 aromatic heterocycles. The topological polar surface area (TPSA) is 74.5 Å². The summed E-state index contributed by atoms with van der Waals surface area (Å²) in [4.78, 5) is 19.0. The molecule has 0 bridgehead atoms. The average Bonchev–Trinajstić information content (AvgIpc) is 3.10. The maximum absolute atomic E-state index is 11.2. The molecule has 1 unspecified atom stereocenters. The normalized spacial score (nSPS) is 17.0. The van der Waals surface area contributed by atoms with E-state index in [1.807, 2.05) is 42.1 Å². The molecule has 1 N–H and O–H groups in total. The molecule has 1 atom stereocenters. The number of amides is 1. The summed E-state index contributed by atoms with van der Waals surface area (Å²) in [6.45, 7) is 3.83. The van der Waals surface area contributed by atoms with Crippen molar-refractivity contribution in [2.75, 3.05) is 24.5 Å². The molecule has 1 aliphatic rings. The lowest BCUT2D eigenvalue weighted by Crippen LogP contribution is -2.53. The number of aromatic nitrogens is 3. The van der Waals surface area contributed by atoms with Crippen LogP contribution in [0.15, 0.2) is 59.5 Å². The van der Waals surface area contributed by atoms with Crippen LogP contribution in [0.3, 0.4) is 0 Å². The summed E-state index contributed by atoms with van der Waals surface area (Å²) in [6, 6.07) is 12.0. The minimum Gasteiger partial charge on any atom is -0.465 e. The second kappa shape index (κ2) is 7.63. The van der Waals surface area contributed by atoms with Crippen molar-refractivity contribution in [3.8, 4) is 16.9 Å². The van der Waals surface area contributed by atoms with E-state index < -0.39 is 6.09 Å². The summed E-state index contributed by atoms with van der Waals surface area (Å²) in [5, 5.41) is 13.9. The van der Waals surface area contributed by atoms with Gasteiger partial charge in [-0.3, -0.25) is 4.98 Å². The Morgan fingerprint density at radius 3 is 2.43 bits per heavy atom. The van der Waals surface area contributed by atoms with Crippen LogP contribution < -0.4 is 4.90 Å². The second-order valence-electron chi connectivity index (χ2n) is 6.79. The van der Waals surface area contributed by atoms with Crippen LogP contribution in [0.5, 0.6) is 0 Å². The van der Waals surface area contributed by atoms with Crippen LogP contribution in [0.4, 0.5) is 10.5 Å². The summed E-state index contributed by atoms with van der Waals surface area (Å²) in [5.74, 6) is 0. The first kappa shape index (κ1) is 18.5. The first-order valence-electron chi connectivity index (χ1n) is 9.03. The van der Waals surface area contributed by atoms with Gasteiger partial charge in [-0.05, 0) is 59.3 Å². The number of carbonyl (C=O) groups is 1. The molecular formula is C20H20BrN5O2. The average molecular weight is 442 g/mol. The Bertz CT molecular complexity index is 974. The van der Waals surface area contributed by atoms with Gasteiger partial charge in [0.15, 0.2) is 0 Å². The van der Waals surface area contributed by atoms with Crippen molar-refractivity contribution in [2.45, 2.75) is 13.0 Å². The van der Waals surface area contributed by atoms with Crippen LogP contribution in [0.2, 0.25) is 0 Å². The molecule has 0 aliphatic carbocycles. The molecular weight excluding hydrogens is 422 g/mol. The molecule has 1 saturated heterocycles. The molecule has 3 aromatic rings. The first-order valence-corrected chi connectivity index (χ1v) is 9.83. The van der Waals surface area contributed by atoms with Crippen molar-refractivity contribution in [3.63, 3.8) is 0 Å². The summed E-state index contributed by atoms with van der Waals surface area (Å²) in [7, 11) is 0. The second-order valence-corrected chi connectivity index (χ2v) is 7.65. The van der Waals surface area contributed by atoms with E-state index in [4.69, 9.17) is 5.10 Å². The van der Waals surface area contributed by atoms with Gasteiger partial charge in [0.2, 0.25) is 0 Å². The summed E-state index contributed by atoms with van der Waals surface area (Å²) < 4.78 is 2.76. The predicted molar refractivity (Wildman–Crippen MR) is 111 cm³/mol. The van der Waals surface area contributed by atoms with E-state index in [0.717, 1.165) is 27.1 Å². The third kappa shape index (κ3) is 3.60. The highest BCUT2D eigenvalue weighted by atomic mass is 79.9. The van der Waals surface area contributed by atoms with Crippen LogP contribution >= 0.6 is 15.9 Å². The van der Waals surface area contributed by atoms with E-state index in [0.29, 0.717) is 19.6 Å². The van der Waals surface area contributed by atoms with E-state index in [2.05, 4.69) is 37.9 Å². The monoisotopic (exact) mass is 441 g/mol. The third-order valence-corrected chi connectivity index (χ3v) is 5.56. The highest BCUT2D eigenvalue weighted by Gasteiger charge is 2.27. The summed E-state index contributed by atoms with van der Waals surface area (Å²) >= 11 is 3.59. The Hall–Kier alpha value is -2.87. The molecule has 1 aliphatic heterocycles. The van der Waals surface area contributed by atoms with Gasteiger partial charge in [-0.25, -0.2) is 9.48 Å². The van der Waals surface area contributed by atoms with Crippen molar-refractivity contribution in [1.29, 1.82) is 0 Å². The third-order valence-electron chi connectivity index (χ3n) is 4.98. The van der Waals surface area contributed by atoms with Gasteiger partial charge in [0.25, 0.3) is 0 Å². The molecule has 0 spiro atoms. The van der Waals surface area contributed by atoms with Crippen LogP contribution in [0.25, 0.3) is 16.9 Å². The van der Waals surface area contributed by atoms with E-state index in [1.54, 1.807) is 12.4 Å². The van der Waals surface area contributed by atoms with Crippen molar-refractivity contribution < 1.29 is 9.90 Å². The van der Waals surface area contributed by atoms with E-state index in [-0.39, 0.29) is 6.04 Å². The smallest absolute Gasteiger partial charge is 0.407 e. The number of halogens is 1. The fourth-order valence-corrected chi connectivity index (χ4v) is 3.99. The molecule has 144 valence electrons. The van der Waals surface area contributed by atoms with E-state index in [1.165, 1.54) is 4.90 Å². The van der Waals surface area contributed by atoms with Gasteiger partial charge in [0.1, 0.15) is 5.69 Å². The number of hydrogen-bond donors (Lipinski definition) is 1. The van der Waals surface area contributed by atoms with Crippen LogP contribution in [-0.4, -0.2) is 56.5 Å². The van der Waals surface area contributed by atoms with Gasteiger partial charge in [0, 0.05) is 55.5 Å². The maximum atomic E-state index is 11.2. The van der Waals surface area contributed by atoms with Gasteiger partial charge >= 0.3 is 6.09 Å². The highest BCUT2D eigenvalue weighted by Crippen LogP contribution is 2.28. The Labute approximate surface area is 171 Å². The molecule has 1 amide bonds. The van der Waals surface area contributed by atoms with Gasteiger partial charge in [-0.2, -0.15) is 5.10 Å². The Morgan fingerprint density at radius 2 is 1.79 bits per heavy atom. The molecule has 1 fully saturated rings. The number of piperazine rings is 1. The number of nitrogens with zero attached hydrogens (tertiary/aromatic N) is 5. The number of hydrogen-bond acceptors (Lipinski definition) is 4. The van der Waals surface area contributed by atoms with Crippen LogP contribution in [-0.2, 0) is 0 Å². The van der Waals surface area contributed by atoms with Crippen molar-refractivity contribution in [2.24, 2.45) is 0 Å². The fraction of sp³-hybridized carbons (Fsp3) is 0.250. The number of benzene rings is 1. The van der Waals surface area contributed by atoms with Crippen LogP contribution in [0.1, 0.15) is 6.92 Å². The number of anilines is 1. The molecule has 7 nitrogen and oxygen atoms in total. The fourth-order valence-electron chi connectivity index (χ4n) is 3.48. The zero-order valence-corrected chi connectivity index (χ0v) is 17.0. The predicted octanol–water partition coefficient (Wildman–Crippen LogP) is 3.89. The lowest BCUT2D eigenvalue weighted by Gasteiger charge is -2.39. The quantitative estimate of drug-likeness (QED) is 0.667. The lowest BCUT2D eigenvalue weighted by atomic mass is 10.1. The Balaban J connectivity index is 1.52. The molecule has 0 saturated carbocycles. The first-order chi connectivity index (χ1) is 13.5. The van der Waals surface area contributed by atoms with E-state index in [9.17, 15) is 9.90 Å². The Kier molecular flexibility index (Phi) is 5.04. The number of rotatable bonds is 3. The molecule has 0 radical (unpaired) electrons. The zero-order chi connectivity index (χ0) is 19.7. The van der Waals surface area contributed by atoms with Gasteiger partial charge < -0.3 is 14.9 Å². The van der Waals surface area contributed by atoms with Gasteiger partial charge in [0.05, 0.1) is 10.2 Å². The SMILES string of the molecule is CC1CN(c2ccc(-n3cc(Br)c(-c4ccncc4)n3)cc2)CCN1C(=O)O. The standard InChI is InChI=1S/C20H20BrN5O2/c1-14-12-24(10-11-25(14)20(27)28)16-2-4-17(5-3-16)26-13-18(21)19(23-26)15-6-8-22-9-7-15/h2-9,13-14H,10-12H2,1H3,(H,27,28). The zero-order valence-electron chi connectivity index (χ0n) is 15.4. The lowest BCUT2D eigenvalue weighted by molar-refractivity contribution is 0.122. The van der Waals surface area contributed by atoms with Crippen molar-refractivity contribution in [1.82, 2.24) is 19.7 Å². The number of carboxylic acid groups (broad SMARTS) is 1. The molecule has 1 aromatic carbocycles. The minimum atomic E-state index is -0.850. The number of pyridine rings is 1. The van der Waals surface area contributed by atoms with Gasteiger partial charge in [-0.1, -0.05) is 0 Å². The molecule has 4 rings (SSSR count). The maximum Gasteiger partial charge on any atom is 0.407 e. The van der Waals surface area contributed by atoms with Gasteiger partial charge in [-0.15, -0.1) is 0 Å². The Morgan fingerprint density at radius 1 is 1.11 bits per heavy atom. The molecule has 28 heavy (non-hydrogen) atoms. The molecule has 8 heteroatoms. The van der Waals surface area contributed by atoms with Crippen molar-refractivity contribution >= 4 is 27.7 Å². The largest absolute Gasteiger partial charge is 0.465 e. The summed E-state index contributed by atoms with van der Waals surface area (Å²) in [5.41, 5.74) is 3.91. The summed E-state index contributed by atoms with van der Waals surface area (Å²) in [6.07, 6.45) is 4.59. The highest BCUT2D eigenvalue weighted by molar-refractivity contribution is 9.10. The molecule has 3 heterocycles. The van der Waals surface area contributed by atoms with Crippen LogP contribution in [0, 0.1) is 0 Å².